The number of nitro groups is 1. The minimum absolute atomic E-state index is 0.0117. The minimum Gasteiger partial charge on any atom is -0.354 e. The maximum absolute atomic E-state index is 14.0. The summed E-state index contributed by atoms with van der Waals surface area (Å²) in [7, 11) is -4.33. The summed E-state index contributed by atoms with van der Waals surface area (Å²) >= 11 is 6.04. The molecule has 0 unspecified atom stereocenters. The molecule has 1 N–H and O–H groups in total. The van der Waals surface area contributed by atoms with Gasteiger partial charge in [0.1, 0.15) is 12.6 Å². The van der Waals surface area contributed by atoms with Crippen LogP contribution in [-0.2, 0) is 26.2 Å². The fourth-order valence-electron chi connectivity index (χ4n) is 4.14. The molecular weight excluding hydrogens is 568 g/mol. The largest absolute Gasteiger partial charge is 0.354 e. The Labute approximate surface area is 245 Å². The monoisotopic (exact) mass is 600 g/mol. The Kier molecular flexibility index (Phi) is 10.8. The van der Waals surface area contributed by atoms with Crippen LogP contribution >= 0.6 is 11.6 Å². The number of sulfonamides is 1. The number of hydrogen-bond acceptors (Lipinski definition) is 6. The number of anilines is 1. The molecule has 2 amide bonds. The van der Waals surface area contributed by atoms with E-state index in [9.17, 15) is 28.1 Å². The number of non-ortho nitro benzene ring substituents is 1. The molecule has 10 nitrogen and oxygen atoms in total. The van der Waals surface area contributed by atoms with Crippen LogP contribution in [-0.4, -0.2) is 49.2 Å². The van der Waals surface area contributed by atoms with Crippen LogP contribution in [0.25, 0.3) is 0 Å². The van der Waals surface area contributed by atoms with Gasteiger partial charge in [0.15, 0.2) is 0 Å². The average Bonchev–Trinajstić information content (AvgIpc) is 2.96. The third-order valence-electron chi connectivity index (χ3n) is 6.28. The predicted molar refractivity (Wildman–Crippen MR) is 158 cm³/mol. The third-order valence-corrected chi connectivity index (χ3v) is 8.32. The maximum Gasteiger partial charge on any atom is 0.271 e. The topological polar surface area (TPSA) is 130 Å². The van der Waals surface area contributed by atoms with Gasteiger partial charge < -0.3 is 10.2 Å². The van der Waals surface area contributed by atoms with Crippen LogP contribution < -0.4 is 9.62 Å². The van der Waals surface area contributed by atoms with E-state index in [0.717, 1.165) is 10.4 Å². The lowest BCUT2D eigenvalue weighted by molar-refractivity contribution is -0.384. The molecule has 0 bridgehead atoms. The summed E-state index contributed by atoms with van der Waals surface area (Å²) in [6, 6.07) is 18.4. The number of nitrogens with zero attached hydrogens (tertiary/aromatic N) is 3. The van der Waals surface area contributed by atoms with Gasteiger partial charge in [-0.2, -0.15) is 0 Å². The highest BCUT2D eigenvalue weighted by Crippen LogP contribution is 2.28. The minimum atomic E-state index is -4.33. The SMILES string of the molecule is CC[C@@H](C(=O)NCC(C)C)N(Cc1ccc(Cl)cc1)C(=O)CN(c1cccc([N+](=O)[O-])c1)S(=O)(=O)c1ccccc1. The number of carbonyl (C=O) groups excluding carboxylic acids is 2. The number of nitrogens with one attached hydrogen (secondary N) is 1. The van der Waals surface area contributed by atoms with Crippen molar-refractivity contribution in [2.24, 2.45) is 5.92 Å². The molecule has 218 valence electrons. The molecule has 1 atom stereocenters. The Morgan fingerprint density at radius 3 is 2.24 bits per heavy atom. The van der Waals surface area contributed by atoms with Crippen LogP contribution in [0.2, 0.25) is 5.02 Å². The van der Waals surface area contributed by atoms with Gasteiger partial charge in [-0.15, -0.1) is 0 Å². The zero-order chi connectivity index (χ0) is 30.2. The molecule has 0 saturated heterocycles. The normalized spacial score (nSPS) is 12.0. The van der Waals surface area contributed by atoms with Gasteiger partial charge in [-0.05, 0) is 48.2 Å². The lowest BCUT2D eigenvalue weighted by Crippen LogP contribution is -2.52. The zero-order valence-electron chi connectivity index (χ0n) is 23.1. The number of rotatable bonds is 13. The Balaban J connectivity index is 2.07. The van der Waals surface area contributed by atoms with E-state index in [2.05, 4.69) is 5.32 Å². The number of benzene rings is 3. The highest BCUT2D eigenvalue weighted by molar-refractivity contribution is 7.92. The third kappa shape index (κ3) is 8.27. The molecule has 41 heavy (non-hydrogen) atoms. The quantitative estimate of drug-likeness (QED) is 0.216. The molecular formula is C29H33ClN4O6S. The molecule has 3 aromatic carbocycles. The first-order valence-electron chi connectivity index (χ1n) is 13.1. The average molecular weight is 601 g/mol. The summed E-state index contributed by atoms with van der Waals surface area (Å²) in [5, 5.41) is 14.8. The van der Waals surface area contributed by atoms with Crippen LogP contribution in [0.5, 0.6) is 0 Å². The van der Waals surface area contributed by atoms with Gasteiger partial charge in [0, 0.05) is 30.2 Å². The van der Waals surface area contributed by atoms with Crippen LogP contribution in [0.1, 0.15) is 32.8 Å². The summed E-state index contributed by atoms with van der Waals surface area (Å²) < 4.78 is 28.5. The van der Waals surface area contributed by atoms with E-state index in [1.807, 2.05) is 13.8 Å². The number of halogens is 1. The zero-order valence-corrected chi connectivity index (χ0v) is 24.6. The summed E-state index contributed by atoms with van der Waals surface area (Å²) in [6.45, 7) is 5.38. The second-order valence-corrected chi connectivity index (χ2v) is 12.1. The molecule has 3 rings (SSSR count). The van der Waals surface area contributed by atoms with Gasteiger partial charge in [0.05, 0.1) is 15.5 Å². The van der Waals surface area contributed by atoms with E-state index in [0.29, 0.717) is 17.1 Å². The summed E-state index contributed by atoms with van der Waals surface area (Å²) in [5.74, 6) is -0.842. The van der Waals surface area contributed by atoms with Crippen molar-refractivity contribution in [1.82, 2.24) is 10.2 Å². The molecule has 12 heteroatoms. The molecule has 0 spiro atoms. The van der Waals surface area contributed by atoms with Gasteiger partial charge in [-0.25, -0.2) is 8.42 Å². The summed E-state index contributed by atoms with van der Waals surface area (Å²) in [6.07, 6.45) is 0.269. The lowest BCUT2D eigenvalue weighted by atomic mass is 10.1. The summed E-state index contributed by atoms with van der Waals surface area (Å²) in [4.78, 5) is 39.3. The lowest BCUT2D eigenvalue weighted by Gasteiger charge is -2.33. The fourth-order valence-corrected chi connectivity index (χ4v) is 5.69. The first kappa shape index (κ1) is 31.6. The highest BCUT2D eigenvalue weighted by Gasteiger charge is 2.34. The molecule has 0 aromatic heterocycles. The number of carbonyl (C=O) groups is 2. The van der Waals surface area contributed by atoms with Crippen molar-refractivity contribution in [1.29, 1.82) is 0 Å². The first-order chi connectivity index (χ1) is 19.4. The van der Waals surface area contributed by atoms with Crippen molar-refractivity contribution in [3.8, 4) is 0 Å². The van der Waals surface area contributed by atoms with Crippen LogP contribution in [0.3, 0.4) is 0 Å². The first-order valence-corrected chi connectivity index (χ1v) is 14.9. The van der Waals surface area contributed by atoms with Crippen molar-refractivity contribution >= 4 is 44.8 Å². The van der Waals surface area contributed by atoms with Crippen molar-refractivity contribution in [2.45, 2.75) is 44.7 Å². The molecule has 0 saturated carbocycles. The Morgan fingerprint density at radius 1 is 1.00 bits per heavy atom. The van der Waals surface area contributed by atoms with Gasteiger partial charge in [-0.3, -0.25) is 24.0 Å². The second-order valence-electron chi connectivity index (χ2n) is 9.81. The van der Waals surface area contributed by atoms with Gasteiger partial charge in [0.2, 0.25) is 11.8 Å². The van der Waals surface area contributed by atoms with Crippen molar-refractivity contribution in [2.75, 3.05) is 17.4 Å². The van der Waals surface area contributed by atoms with Gasteiger partial charge in [-0.1, -0.05) is 68.8 Å². The Hall–Kier alpha value is -3.96. The Bertz CT molecular complexity index is 1470. The van der Waals surface area contributed by atoms with E-state index in [4.69, 9.17) is 11.6 Å². The van der Waals surface area contributed by atoms with E-state index in [1.54, 1.807) is 49.4 Å². The van der Waals surface area contributed by atoms with E-state index in [1.165, 1.54) is 35.2 Å². The Morgan fingerprint density at radius 2 is 1.66 bits per heavy atom. The molecule has 0 fully saturated rings. The molecule has 0 aliphatic heterocycles. The number of nitro benzene ring substituents is 1. The molecule has 0 heterocycles. The van der Waals surface area contributed by atoms with Crippen molar-refractivity contribution < 1.29 is 22.9 Å². The van der Waals surface area contributed by atoms with Gasteiger partial charge in [0.25, 0.3) is 15.7 Å². The fraction of sp³-hybridized carbons (Fsp3) is 0.310. The second kappa shape index (κ2) is 14.1. The molecule has 0 aliphatic rings. The van der Waals surface area contributed by atoms with Crippen LogP contribution in [0, 0.1) is 16.0 Å². The molecule has 0 aliphatic carbocycles. The van der Waals surface area contributed by atoms with E-state index >= 15 is 0 Å². The summed E-state index contributed by atoms with van der Waals surface area (Å²) in [5.41, 5.74) is 0.298. The number of amides is 2. The smallest absolute Gasteiger partial charge is 0.271 e. The number of hydrogen-bond donors (Lipinski definition) is 1. The predicted octanol–water partition coefficient (Wildman–Crippen LogP) is 5.02. The van der Waals surface area contributed by atoms with E-state index in [-0.39, 0.29) is 41.1 Å². The maximum atomic E-state index is 14.0. The van der Waals surface area contributed by atoms with E-state index < -0.39 is 33.4 Å². The van der Waals surface area contributed by atoms with Crippen LogP contribution in [0.15, 0.2) is 83.8 Å². The van der Waals surface area contributed by atoms with Crippen molar-refractivity contribution in [3.63, 3.8) is 0 Å². The molecule has 0 radical (unpaired) electrons. The van der Waals surface area contributed by atoms with Crippen LogP contribution in [0.4, 0.5) is 11.4 Å². The molecule has 3 aromatic rings. The standard InChI is InChI=1S/C29H33ClN4O6S/c1-4-27(29(36)31-18-21(2)3)32(19-22-13-15-23(30)16-14-22)28(35)20-33(24-9-8-10-25(17-24)34(37)38)41(39,40)26-11-6-5-7-12-26/h5-17,21,27H,4,18-20H2,1-3H3,(H,31,36)/t27-/m0/s1. The highest BCUT2D eigenvalue weighted by atomic mass is 35.5. The van der Waals surface area contributed by atoms with Crippen molar-refractivity contribution in [3.05, 3.63) is 99.6 Å². The van der Waals surface area contributed by atoms with Gasteiger partial charge >= 0.3 is 0 Å².